The van der Waals surface area contributed by atoms with Gasteiger partial charge in [0.05, 0.1) is 30.0 Å². The summed E-state index contributed by atoms with van der Waals surface area (Å²) in [5.41, 5.74) is 8.23. The van der Waals surface area contributed by atoms with Gasteiger partial charge in [-0.25, -0.2) is 14.4 Å². The van der Waals surface area contributed by atoms with E-state index in [2.05, 4.69) is 47.3 Å². The van der Waals surface area contributed by atoms with Gasteiger partial charge in [0.1, 0.15) is 11.4 Å². The predicted octanol–water partition coefficient (Wildman–Crippen LogP) is 3.01. The maximum Gasteiger partial charge on any atom is 0.241 e. The summed E-state index contributed by atoms with van der Waals surface area (Å²) in [6.07, 6.45) is 4.23. The molecule has 3 heterocycles. The quantitative estimate of drug-likeness (QED) is 0.229. The van der Waals surface area contributed by atoms with E-state index in [0.29, 0.717) is 34.5 Å². The molecule has 0 radical (unpaired) electrons. The molecule has 5 N–H and O–H groups in total. The lowest BCUT2D eigenvalue weighted by molar-refractivity contribution is -0.121. The first-order valence-corrected chi connectivity index (χ1v) is 13.1. The number of nitrogens with two attached hydrogens (primary N) is 1. The molecule has 2 aromatic heterocycles. The minimum atomic E-state index is -0.594. The maximum absolute atomic E-state index is 15.0. The van der Waals surface area contributed by atoms with E-state index in [4.69, 9.17) is 10.5 Å². The van der Waals surface area contributed by atoms with Gasteiger partial charge in [0.15, 0.2) is 5.82 Å². The number of nitrogens with one attached hydrogen (secondary N) is 3. The minimum absolute atomic E-state index is 0.0900. The highest BCUT2D eigenvalue weighted by Gasteiger charge is 2.26. The number of amides is 1. The van der Waals surface area contributed by atoms with Gasteiger partial charge in [-0.15, -0.1) is 0 Å². The van der Waals surface area contributed by atoms with Crippen LogP contribution in [0.3, 0.4) is 0 Å². The number of allylic oxidation sites excluding steroid dienone is 1. The van der Waals surface area contributed by atoms with E-state index < -0.39 is 5.82 Å². The number of anilines is 2. The standard InChI is InChI=1S/C27H36FN9O2/c1-5-36-10-12-37(13-11-36)17(3)26(38)33-21-9-7-8-18-19(14-31-24(18)21)23-20(28)15-32-27(35-23)34-22(16-30-4)25(29)39-6-2/h7-9,14-17,31H,5-6,10-13,29H2,1-4H3,(H,33,38)(H,32,34,35). The number of hydrogen-bond donors (Lipinski definition) is 4. The molecule has 3 aromatic rings. The number of aromatic amines is 1. The number of fused-ring (bicyclic) bond motifs is 1. The number of aliphatic imine (C=N–C) groups is 1. The third-order valence-electron chi connectivity index (χ3n) is 6.82. The number of halogens is 1. The highest BCUT2D eigenvalue weighted by molar-refractivity contribution is 6.06. The zero-order valence-electron chi connectivity index (χ0n) is 22.8. The van der Waals surface area contributed by atoms with Crippen molar-refractivity contribution in [2.75, 3.05) is 57.0 Å². The molecule has 1 saturated heterocycles. The number of H-pyrrole nitrogens is 1. The largest absolute Gasteiger partial charge is 0.478 e. The Hall–Kier alpha value is -4.03. The van der Waals surface area contributed by atoms with Gasteiger partial charge >= 0.3 is 0 Å². The molecule has 1 atom stereocenters. The van der Waals surface area contributed by atoms with Crippen molar-refractivity contribution in [3.8, 4) is 11.3 Å². The van der Waals surface area contributed by atoms with Crippen LogP contribution >= 0.6 is 0 Å². The van der Waals surface area contributed by atoms with Crippen LogP contribution in [-0.2, 0) is 9.53 Å². The number of nitrogens with zero attached hydrogens (tertiary/aromatic N) is 5. The molecule has 1 aromatic carbocycles. The van der Waals surface area contributed by atoms with Crippen molar-refractivity contribution in [3.05, 3.63) is 48.0 Å². The third-order valence-corrected chi connectivity index (χ3v) is 6.82. The van der Waals surface area contributed by atoms with Gasteiger partial charge in [0.2, 0.25) is 17.7 Å². The van der Waals surface area contributed by atoms with E-state index in [-0.39, 0.29) is 29.5 Å². The van der Waals surface area contributed by atoms with Gasteiger partial charge in [-0.05, 0) is 26.5 Å². The first kappa shape index (κ1) is 28.0. The van der Waals surface area contributed by atoms with Crippen LogP contribution in [0, 0.1) is 5.82 Å². The highest BCUT2D eigenvalue weighted by atomic mass is 19.1. The maximum atomic E-state index is 15.0. The average molecular weight is 538 g/mol. The number of para-hydroxylation sites is 1. The Balaban J connectivity index is 1.58. The SMILES string of the molecule is CCOC(N)=C(C=NC)Nc1ncc(F)c(-c2c[nH]c3c(NC(=O)C(C)N4CCN(CC)CC4)cccc23)n1. The molecule has 1 amide bonds. The van der Waals surface area contributed by atoms with Crippen molar-refractivity contribution < 1.29 is 13.9 Å². The fourth-order valence-corrected chi connectivity index (χ4v) is 4.58. The highest BCUT2D eigenvalue weighted by Crippen LogP contribution is 2.33. The fourth-order valence-electron chi connectivity index (χ4n) is 4.58. The van der Waals surface area contributed by atoms with Crippen LogP contribution in [0.1, 0.15) is 20.8 Å². The Morgan fingerprint density at radius 2 is 2.05 bits per heavy atom. The van der Waals surface area contributed by atoms with Gasteiger partial charge < -0.3 is 31.0 Å². The lowest BCUT2D eigenvalue weighted by atomic mass is 10.1. The van der Waals surface area contributed by atoms with Crippen LogP contribution < -0.4 is 16.4 Å². The van der Waals surface area contributed by atoms with Gasteiger partial charge in [0, 0.05) is 56.6 Å². The second-order valence-electron chi connectivity index (χ2n) is 9.18. The summed E-state index contributed by atoms with van der Waals surface area (Å²) in [5.74, 6) is -0.443. The summed E-state index contributed by atoms with van der Waals surface area (Å²) in [4.78, 5) is 33.3. The van der Waals surface area contributed by atoms with Gasteiger partial charge in [-0.3, -0.25) is 14.7 Å². The summed E-state index contributed by atoms with van der Waals surface area (Å²) >= 11 is 0. The zero-order chi connectivity index (χ0) is 27.9. The predicted molar refractivity (Wildman–Crippen MR) is 152 cm³/mol. The molecular formula is C27H36FN9O2. The smallest absolute Gasteiger partial charge is 0.241 e. The monoisotopic (exact) mass is 537 g/mol. The topological polar surface area (TPSA) is 137 Å². The number of carbonyl (C=O) groups excluding carboxylic acids is 1. The summed E-state index contributed by atoms with van der Waals surface area (Å²) in [5, 5.41) is 6.70. The molecule has 11 nitrogen and oxygen atoms in total. The summed E-state index contributed by atoms with van der Waals surface area (Å²) in [7, 11) is 1.59. The first-order chi connectivity index (χ1) is 18.9. The van der Waals surface area contributed by atoms with Gasteiger partial charge in [-0.1, -0.05) is 19.1 Å². The molecule has 0 aliphatic carbocycles. The Kier molecular flexibility index (Phi) is 9.10. The zero-order valence-corrected chi connectivity index (χ0v) is 22.8. The van der Waals surface area contributed by atoms with E-state index in [1.807, 2.05) is 32.0 Å². The van der Waals surface area contributed by atoms with Crippen LogP contribution in [0.25, 0.3) is 22.2 Å². The van der Waals surface area contributed by atoms with Crippen molar-refractivity contribution in [2.45, 2.75) is 26.8 Å². The number of hydrogen-bond acceptors (Lipinski definition) is 9. The number of aromatic nitrogens is 3. The Morgan fingerprint density at radius 3 is 2.74 bits per heavy atom. The van der Waals surface area contributed by atoms with Crippen LogP contribution in [0.2, 0.25) is 0 Å². The van der Waals surface area contributed by atoms with E-state index in [9.17, 15) is 9.18 Å². The van der Waals surface area contributed by atoms with Crippen molar-refractivity contribution in [2.24, 2.45) is 10.7 Å². The number of ether oxygens (including phenoxy) is 1. The molecule has 1 aliphatic rings. The number of rotatable bonds is 10. The molecule has 0 saturated carbocycles. The number of piperazine rings is 1. The van der Waals surface area contributed by atoms with Crippen molar-refractivity contribution in [1.82, 2.24) is 24.8 Å². The Labute approximate surface area is 227 Å². The normalized spacial score (nSPS) is 16.3. The molecule has 1 aliphatic heterocycles. The second-order valence-corrected chi connectivity index (χ2v) is 9.18. The molecule has 12 heteroatoms. The summed E-state index contributed by atoms with van der Waals surface area (Å²) in [6, 6.07) is 5.21. The second kappa shape index (κ2) is 12.7. The molecule has 1 fully saturated rings. The van der Waals surface area contributed by atoms with Crippen LogP contribution in [0.15, 0.2) is 47.2 Å². The van der Waals surface area contributed by atoms with Gasteiger partial charge in [0.25, 0.3) is 0 Å². The van der Waals surface area contributed by atoms with E-state index >= 15 is 0 Å². The van der Waals surface area contributed by atoms with E-state index in [1.54, 1.807) is 13.2 Å². The van der Waals surface area contributed by atoms with Crippen molar-refractivity contribution >= 4 is 34.7 Å². The molecule has 0 spiro atoms. The average Bonchev–Trinajstić information content (AvgIpc) is 3.38. The lowest BCUT2D eigenvalue weighted by Gasteiger charge is -2.36. The third kappa shape index (κ3) is 6.35. The van der Waals surface area contributed by atoms with Crippen LogP contribution in [0.4, 0.5) is 16.0 Å². The molecule has 0 bridgehead atoms. The van der Waals surface area contributed by atoms with Gasteiger partial charge in [-0.2, -0.15) is 0 Å². The fraction of sp³-hybridized carbons (Fsp3) is 0.407. The van der Waals surface area contributed by atoms with E-state index in [1.165, 1.54) is 6.21 Å². The molecular weight excluding hydrogens is 501 g/mol. The molecule has 39 heavy (non-hydrogen) atoms. The molecule has 1 unspecified atom stereocenters. The Bertz CT molecular complexity index is 1360. The Morgan fingerprint density at radius 1 is 1.28 bits per heavy atom. The number of benzene rings is 1. The van der Waals surface area contributed by atoms with Crippen LogP contribution in [0.5, 0.6) is 0 Å². The summed E-state index contributed by atoms with van der Waals surface area (Å²) < 4.78 is 20.3. The molecule has 4 rings (SSSR count). The first-order valence-electron chi connectivity index (χ1n) is 13.1. The summed E-state index contributed by atoms with van der Waals surface area (Å²) in [6.45, 7) is 10.9. The van der Waals surface area contributed by atoms with E-state index in [0.717, 1.165) is 38.9 Å². The number of likely N-dealkylation sites (N-methyl/N-ethyl adjacent to an activating group) is 1. The molecule has 208 valence electrons. The van der Waals surface area contributed by atoms with Crippen molar-refractivity contribution in [1.29, 1.82) is 0 Å². The van der Waals surface area contributed by atoms with Crippen molar-refractivity contribution in [3.63, 3.8) is 0 Å². The lowest BCUT2D eigenvalue weighted by Crippen LogP contribution is -2.52. The number of carbonyl (C=O) groups is 1. The van der Waals surface area contributed by atoms with Crippen LogP contribution in [-0.4, -0.2) is 89.3 Å². The minimum Gasteiger partial charge on any atom is -0.478 e.